The zero-order chi connectivity index (χ0) is 22.1. The molecule has 2 aromatic carbocycles. The van der Waals surface area contributed by atoms with Gasteiger partial charge < -0.3 is 20.6 Å². The molecule has 0 unspecified atom stereocenters. The first-order valence-corrected chi connectivity index (χ1v) is 10.2. The molecule has 1 aromatic heterocycles. The number of anilines is 1. The second-order valence-electron chi connectivity index (χ2n) is 7.38. The number of hydrogen-bond donors (Lipinski definition) is 2. The Morgan fingerprint density at radius 2 is 2.10 bits per heavy atom. The summed E-state index contributed by atoms with van der Waals surface area (Å²) in [5, 5.41) is 2.46. The number of carbonyl (C=O) groups excluding carboxylic acids is 1. The van der Waals surface area contributed by atoms with E-state index in [9.17, 15) is 4.79 Å². The van der Waals surface area contributed by atoms with Gasteiger partial charge in [-0.25, -0.2) is 9.40 Å². The number of fused-ring (bicyclic) bond motifs is 1. The summed E-state index contributed by atoms with van der Waals surface area (Å²) in [6, 6.07) is 8.20. The molecule has 162 valence electrons. The Labute approximate surface area is 183 Å². The van der Waals surface area contributed by atoms with Crippen molar-refractivity contribution in [2.24, 2.45) is 5.73 Å². The molecule has 0 spiro atoms. The van der Waals surface area contributed by atoms with Crippen LogP contribution in [0.25, 0.3) is 10.9 Å². The highest BCUT2D eigenvalue weighted by Gasteiger charge is 2.23. The van der Waals surface area contributed by atoms with Crippen molar-refractivity contribution in [3.8, 4) is 17.2 Å². The van der Waals surface area contributed by atoms with Crippen LogP contribution >= 0.6 is 11.6 Å². The number of halogens is 2. The Hall–Kier alpha value is -3.10. The van der Waals surface area contributed by atoms with E-state index in [1.165, 1.54) is 25.4 Å². The van der Waals surface area contributed by atoms with Gasteiger partial charge in [0.15, 0.2) is 11.6 Å². The van der Waals surface area contributed by atoms with E-state index in [2.05, 4.69) is 17.3 Å². The number of benzene rings is 2. The van der Waals surface area contributed by atoms with Crippen molar-refractivity contribution in [3.05, 3.63) is 52.9 Å². The van der Waals surface area contributed by atoms with Crippen LogP contribution in [0.2, 0.25) is 5.02 Å². The number of methoxy groups -OCH3 is 1. The van der Waals surface area contributed by atoms with Gasteiger partial charge >= 0.3 is 0 Å². The predicted molar refractivity (Wildman–Crippen MR) is 117 cm³/mol. The van der Waals surface area contributed by atoms with E-state index in [-0.39, 0.29) is 16.3 Å². The predicted octanol–water partition coefficient (Wildman–Crippen LogP) is 4.74. The van der Waals surface area contributed by atoms with Crippen LogP contribution in [-0.2, 0) is 0 Å². The van der Waals surface area contributed by atoms with Crippen LogP contribution in [0.5, 0.6) is 17.2 Å². The Morgan fingerprint density at radius 3 is 2.77 bits per heavy atom. The highest BCUT2D eigenvalue weighted by atomic mass is 35.5. The lowest BCUT2D eigenvalue weighted by atomic mass is 10.1. The van der Waals surface area contributed by atoms with Gasteiger partial charge in [0.2, 0.25) is 0 Å². The third-order valence-corrected chi connectivity index (χ3v) is 5.74. The second-order valence-corrected chi connectivity index (χ2v) is 7.76. The Kier molecular flexibility index (Phi) is 5.84. The molecule has 7 nitrogen and oxygen atoms in total. The quantitative estimate of drug-likeness (QED) is 0.570. The molecular formula is C22H22ClFN4O3. The number of nitrogens with zero attached hydrogens (tertiary/aromatic N) is 2. The fourth-order valence-electron chi connectivity index (χ4n) is 3.67. The molecule has 0 aliphatic carbocycles. The van der Waals surface area contributed by atoms with Crippen molar-refractivity contribution in [3.63, 3.8) is 0 Å². The number of hydrazine groups is 1. The summed E-state index contributed by atoms with van der Waals surface area (Å²) in [6.07, 6.45) is 3.66. The summed E-state index contributed by atoms with van der Waals surface area (Å²) < 4.78 is 26.1. The average molecular weight is 445 g/mol. The maximum atomic E-state index is 15.0. The highest BCUT2D eigenvalue weighted by molar-refractivity contribution is 6.33. The molecule has 0 bridgehead atoms. The van der Waals surface area contributed by atoms with E-state index in [4.69, 9.17) is 26.8 Å². The highest BCUT2D eigenvalue weighted by Crippen LogP contribution is 2.38. The van der Waals surface area contributed by atoms with Crippen molar-refractivity contribution in [1.29, 1.82) is 0 Å². The van der Waals surface area contributed by atoms with Crippen molar-refractivity contribution in [1.82, 2.24) is 9.99 Å². The van der Waals surface area contributed by atoms with Crippen LogP contribution in [0, 0.1) is 5.82 Å². The number of hydrogen-bond acceptors (Lipinski definition) is 6. The molecule has 1 saturated heterocycles. The number of aromatic nitrogens is 1. The Balaban J connectivity index is 1.68. The summed E-state index contributed by atoms with van der Waals surface area (Å²) in [6.45, 7) is 2.97. The molecule has 31 heavy (non-hydrogen) atoms. The molecule has 9 heteroatoms. The van der Waals surface area contributed by atoms with E-state index in [1.54, 1.807) is 18.2 Å². The minimum atomic E-state index is -0.688. The standard InChI is InChI=1S/C22H22ClFN4O3/c1-12-4-3-9-28(12)27-15-5-6-18(21(24)20(15)23)31-17-7-8-26-16-11-19(30-2)14(22(25)29)10-13(16)17/h5-8,10-12,27H,3-4,9H2,1-2H3,(H2,25,29)/t12-/m1/s1. The topological polar surface area (TPSA) is 89.7 Å². The van der Waals surface area contributed by atoms with Crippen LogP contribution in [0.1, 0.15) is 30.1 Å². The lowest BCUT2D eigenvalue weighted by Gasteiger charge is -2.24. The van der Waals surface area contributed by atoms with Gasteiger partial charge in [0.1, 0.15) is 16.5 Å². The summed E-state index contributed by atoms with van der Waals surface area (Å²) in [4.78, 5) is 16.1. The third kappa shape index (κ3) is 4.08. The van der Waals surface area contributed by atoms with Gasteiger partial charge in [0, 0.05) is 30.2 Å². The van der Waals surface area contributed by atoms with E-state index in [0.29, 0.717) is 34.1 Å². The minimum absolute atomic E-state index is 0.0473. The minimum Gasteiger partial charge on any atom is -0.496 e. The number of rotatable bonds is 6. The summed E-state index contributed by atoms with van der Waals surface area (Å²) in [5.74, 6) is -0.792. The number of pyridine rings is 1. The van der Waals surface area contributed by atoms with Crippen LogP contribution in [0.3, 0.4) is 0 Å². The molecule has 0 saturated carbocycles. The lowest BCUT2D eigenvalue weighted by Crippen LogP contribution is -2.32. The third-order valence-electron chi connectivity index (χ3n) is 5.37. The second kappa shape index (κ2) is 8.56. The number of ether oxygens (including phenoxy) is 2. The molecule has 3 N–H and O–H groups in total. The molecule has 1 amide bonds. The average Bonchev–Trinajstić information content (AvgIpc) is 3.16. The zero-order valence-electron chi connectivity index (χ0n) is 17.1. The van der Waals surface area contributed by atoms with Gasteiger partial charge in [-0.1, -0.05) is 11.6 Å². The van der Waals surface area contributed by atoms with Crippen molar-refractivity contribution in [2.75, 3.05) is 19.1 Å². The normalized spacial score (nSPS) is 16.5. The number of nitrogens with one attached hydrogen (secondary N) is 1. The first-order valence-electron chi connectivity index (χ1n) is 9.84. The lowest BCUT2D eigenvalue weighted by molar-refractivity contribution is 0.0997. The smallest absolute Gasteiger partial charge is 0.252 e. The van der Waals surface area contributed by atoms with Gasteiger partial charge in [0.05, 0.1) is 23.9 Å². The van der Waals surface area contributed by atoms with Crippen molar-refractivity contribution in [2.45, 2.75) is 25.8 Å². The Bertz CT molecular complexity index is 1160. The van der Waals surface area contributed by atoms with E-state index in [0.717, 1.165) is 19.4 Å². The summed E-state index contributed by atoms with van der Waals surface area (Å²) >= 11 is 6.28. The van der Waals surface area contributed by atoms with Crippen LogP contribution in [0.4, 0.5) is 10.1 Å². The van der Waals surface area contributed by atoms with Crippen molar-refractivity contribution < 1.29 is 18.7 Å². The van der Waals surface area contributed by atoms with E-state index in [1.807, 2.05) is 5.01 Å². The molecule has 4 rings (SSSR count). The molecular weight excluding hydrogens is 423 g/mol. The number of nitrogens with two attached hydrogens (primary N) is 1. The van der Waals surface area contributed by atoms with Crippen LogP contribution < -0.4 is 20.6 Å². The van der Waals surface area contributed by atoms with E-state index < -0.39 is 11.7 Å². The SMILES string of the molecule is COc1cc2nccc(Oc3ccc(NN4CCC[C@H]4C)c(Cl)c3F)c2cc1C(N)=O. The van der Waals surface area contributed by atoms with Gasteiger partial charge in [-0.05, 0) is 44.0 Å². The molecule has 3 aromatic rings. The first-order chi connectivity index (χ1) is 14.9. The fourth-order valence-corrected chi connectivity index (χ4v) is 3.87. The molecule has 2 heterocycles. The maximum absolute atomic E-state index is 15.0. The number of amides is 1. The molecule has 1 atom stereocenters. The van der Waals surface area contributed by atoms with Gasteiger partial charge in [0.25, 0.3) is 5.91 Å². The molecule has 1 aliphatic heterocycles. The monoisotopic (exact) mass is 444 g/mol. The van der Waals surface area contributed by atoms with Crippen LogP contribution in [-0.4, -0.2) is 35.6 Å². The van der Waals surface area contributed by atoms with Gasteiger partial charge in [-0.15, -0.1) is 0 Å². The number of carbonyl (C=O) groups is 1. The van der Waals surface area contributed by atoms with E-state index >= 15 is 4.39 Å². The Morgan fingerprint density at radius 1 is 1.29 bits per heavy atom. The summed E-state index contributed by atoms with van der Waals surface area (Å²) in [5.41, 5.74) is 9.79. The first kappa shape index (κ1) is 21.1. The molecule has 1 fully saturated rings. The molecule has 1 aliphatic rings. The molecule has 0 radical (unpaired) electrons. The van der Waals surface area contributed by atoms with Crippen LogP contribution in [0.15, 0.2) is 36.5 Å². The fraction of sp³-hybridized carbons (Fsp3) is 0.273. The van der Waals surface area contributed by atoms with Gasteiger partial charge in [-0.3, -0.25) is 9.78 Å². The largest absolute Gasteiger partial charge is 0.496 e. The maximum Gasteiger partial charge on any atom is 0.252 e. The van der Waals surface area contributed by atoms with Gasteiger partial charge in [-0.2, -0.15) is 0 Å². The van der Waals surface area contributed by atoms with Crippen molar-refractivity contribution >= 4 is 34.1 Å². The summed E-state index contributed by atoms with van der Waals surface area (Å²) in [7, 11) is 1.43. The zero-order valence-corrected chi connectivity index (χ0v) is 17.9. The number of primary amides is 1.